The fraction of sp³-hybridized carbons (Fsp3) is 0.333. The highest BCUT2D eigenvalue weighted by atomic mass is 16.5. The van der Waals surface area contributed by atoms with Gasteiger partial charge in [0.05, 0.1) is 24.4 Å². The first-order valence-electron chi connectivity index (χ1n) is 7.68. The summed E-state index contributed by atoms with van der Waals surface area (Å²) in [6.07, 6.45) is 3.96. The van der Waals surface area contributed by atoms with Crippen molar-refractivity contribution in [1.29, 1.82) is 0 Å². The van der Waals surface area contributed by atoms with Gasteiger partial charge in [-0.15, -0.1) is 0 Å². The van der Waals surface area contributed by atoms with E-state index in [2.05, 4.69) is 10.3 Å². The number of para-hydroxylation sites is 1. The van der Waals surface area contributed by atoms with Gasteiger partial charge in [-0.25, -0.2) is 0 Å². The van der Waals surface area contributed by atoms with E-state index in [9.17, 15) is 9.90 Å². The van der Waals surface area contributed by atoms with Crippen LogP contribution in [0.3, 0.4) is 0 Å². The van der Waals surface area contributed by atoms with Crippen molar-refractivity contribution < 1.29 is 14.6 Å². The van der Waals surface area contributed by atoms with Crippen molar-refractivity contribution in [2.75, 3.05) is 6.61 Å². The topological polar surface area (TPSA) is 71.5 Å². The van der Waals surface area contributed by atoms with Gasteiger partial charge in [0.15, 0.2) is 0 Å². The predicted octanol–water partition coefficient (Wildman–Crippen LogP) is 3.01. The van der Waals surface area contributed by atoms with Gasteiger partial charge in [-0.1, -0.05) is 26.0 Å². The number of pyridine rings is 1. The van der Waals surface area contributed by atoms with Crippen LogP contribution >= 0.6 is 0 Å². The number of aromatic nitrogens is 1. The molecule has 0 saturated heterocycles. The number of hydrogen-bond donors (Lipinski definition) is 2. The van der Waals surface area contributed by atoms with E-state index in [1.165, 1.54) is 0 Å². The van der Waals surface area contributed by atoms with Crippen LogP contribution in [0, 0.1) is 5.92 Å². The smallest absolute Gasteiger partial charge is 0.255 e. The minimum absolute atomic E-state index is 0.0877. The number of nitrogens with one attached hydrogen (secondary N) is 1. The predicted molar refractivity (Wildman–Crippen MR) is 88.5 cm³/mol. The minimum atomic E-state index is -0.269. The Hall–Kier alpha value is -2.40. The van der Waals surface area contributed by atoms with E-state index in [0.717, 1.165) is 0 Å². The molecular weight excluding hydrogens is 292 g/mol. The molecule has 0 aliphatic heterocycles. The zero-order valence-corrected chi connectivity index (χ0v) is 13.4. The third kappa shape index (κ3) is 5.07. The first-order chi connectivity index (χ1) is 11.1. The van der Waals surface area contributed by atoms with Crippen LogP contribution in [0.15, 0.2) is 48.8 Å². The lowest BCUT2D eigenvalue weighted by Gasteiger charge is -2.19. The van der Waals surface area contributed by atoms with Gasteiger partial charge in [0.2, 0.25) is 0 Å². The monoisotopic (exact) mass is 314 g/mol. The number of ether oxygens (including phenoxy) is 1. The Morgan fingerprint density at radius 1 is 1.26 bits per heavy atom. The molecule has 0 bridgehead atoms. The molecule has 1 unspecified atom stereocenters. The Balaban J connectivity index is 2.14. The van der Waals surface area contributed by atoms with Gasteiger partial charge in [-0.05, 0) is 36.6 Å². The third-order valence-electron chi connectivity index (χ3n) is 3.31. The van der Waals surface area contributed by atoms with E-state index in [4.69, 9.17) is 4.74 Å². The van der Waals surface area contributed by atoms with Crippen molar-refractivity contribution >= 4 is 5.91 Å². The second-order valence-electron chi connectivity index (χ2n) is 5.77. The summed E-state index contributed by atoms with van der Waals surface area (Å²) in [6.45, 7) is 4.01. The van der Waals surface area contributed by atoms with Crippen LogP contribution < -0.4 is 10.1 Å². The number of rotatable bonds is 7. The standard InChI is InChI=1S/C18H22N2O3/c1-13(2)10-14(12-21)20-18(22)16-7-3-4-8-17(16)23-15-6-5-9-19-11-15/h3-9,11,13-14,21H,10,12H2,1-2H3,(H,20,22). The molecule has 2 rings (SSSR count). The molecule has 1 amide bonds. The van der Waals surface area contributed by atoms with Crippen LogP contribution in [0.25, 0.3) is 0 Å². The Morgan fingerprint density at radius 3 is 2.70 bits per heavy atom. The second kappa shape index (κ2) is 8.29. The lowest BCUT2D eigenvalue weighted by Crippen LogP contribution is -2.38. The zero-order chi connectivity index (χ0) is 16.7. The largest absolute Gasteiger partial charge is 0.455 e. The summed E-state index contributed by atoms with van der Waals surface area (Å²) in [4.78, 5) is 16.5. The van der Waals surface area contributed by atoms with Crippen LogP contribution in [0.1, 0.15) is 30.6 Å². The van der Waals surface area contributed by atoms with Crippen molar-refractivity contribution in [1.82, 2.24) is 10.3 Å². The molecule has 0 aliphatic rings. The molecule has 0 saturated carbocycles. The summed E-state index contributed by atoms with van der Waals surface area (Å²) in [5.41, 5.74) is 0.429. The number of hydrogen-bond acceptors (Lipinski definition) is 4. The molecule has 23 heavy (non-hydrogen) atoms. The first-order valence-corrected chi connectivity index (χ1v) is 7.68. The summed E-state index contributed by atoms with van der Waals surface area (Å²) in [5.74, 6) is 1.14. The highest BCUT2D eigenvalue weighted by Crippen LogP contribution is 2.24. The van der Waals surface area contributed by atoms with Crippen molar-refractivity contribution in [2.45, 2.75) is 26.3 Å². The van der Waals surface area contributed by atoms with Gasteiger partial charge in [0.1, 0.15) is 11.5 Å². The number of amides is 1. The highest BCUT2D eigenvalue weighted by molar-refractivity contribution is 5.97. The summed E-state index contributed by atoms with van der Waals surface area (Å²) in [6, 6.07) is 10.3. The zero-order valence-electron chi connectivity index (χ0n) is 13.4. The van der Waals surface area contributed by atoms with Gasteiger partial charge in [0, 0.05) is 6.20 Å². The number of benzene rings is 1. The van der Waals surface area contributed by atoms with Gasteiger partial charge < -0.3 is 15.2 Å². The van der Waals surface area contributed by atoms with Gasteiger partial charge in [0.25, 0.3) is 5.91 Å². The van der Waals surface area contributed by atoms with E-state index < -0.39 is 0 Å². The van der Waals surface area contributed by atoms with Crippen LogP contribution in [-0.4, -0.2) is 28.6 Å². The van der Waals surface area contributed by atoms with E-state index in [-0.39, 0.29) is 18.6 Å². The van der Waals surface area contributed by atoms with E-state index in [1.807, 2.05) is 13.8 Å². The summed E-state index contributed by atoms with van der Waals surface area (Å²) < 4.78 is 5.74. The maximum absolute atomic E-state index is 12.5. The molecule has 2 N–H and O–H groups in total. The molecule has 1 aromatic carbocycles. The third-order valence-corrected chi connectivity index (χ3v) is 3.31. The maximum atomic E-state index is 12.5. The van der Waals surface area contributed by atoms with E-state index in [1.54, 1.807) is 48.8 Å². The van der Waals surface area contributed by atoms with Gasteiger partial charge in [-0.3, -0.25) is 9.78 Å². The summed E-state index contributed by atoms with van der Waals surface area (Å²) in [7, 11) is 0. The Kier molecular flexibility index (Phi) is 6.11. The van der Waals surface area contributed by atoms with Crippen molar-refractivity contribution in [3.05, 3.63) is 54.4 Å². The second-order valence-corrected chi connectivity index (χ2v) is 5.77. The van der Waals surface area contributed by atoms with Crippen LogP contribution in [0.4, 0.5) is 0 Å². The van der Waals surface area contributed by atoms with Crippen molar-refractivity contribution in [3.63, 3.8) is 0 Å². The molecule has 1 atom stereocenters. The molecule has 5 heteroatoms. The average Bonchev–Trinajstić information content (AvgIpc) is 2.55. The number of nitrogens with zero attached hydrogens (tertiary/aromatic N) is 1. The molecule has 122 valence electrons. The van der Waals surface area contributed by atoms with Crippen molar-refractivity contribution in [2.24, 2.45) is 5.92 Å². The quantitative estimate of drug-likeness (QED) is 0.824. The summed E-state index contributed by atoms with van der Waals surface area (Å²) in [5, 5.41) is 12.3. The molecule has 5 nitrogen and oxygen atoms in total. The Morgan fingerprint density at radius 2 is 2.04 bits per heavy atom. The molecule has 1 heterocycles. The van der Waals surface area contributed by atoms with Gasteiger partial charge >= 0.3 is 0 Å². The fourth-order valence-corrected chi connectivity index (χ4v) is 2.29. The average molecular weight is 314 g/mol. The molecular formula is C18H22N2O3. The fourth-order valence-electron chi connectivity index (χ4n) is 2.29. The number of carbonyl (C=O) groups excluding carboxylic acids is 1. The Labute approximate surface area is 136 Å². The SMILES string of the molecule is CC(C)CC(CO)NC(=O)c1ccccc1Oc1cccnc1. The molecule has 0 fully saturated rings. The van der Waals surface area contributed by atoms with Crippen LogP contribution in [0.5, 0.6) is 11.5 Å². The lowest BCUT2D eigenvalue weighted by atomic mass is 10.0. The number of aliphatic hydroxyl groups is 1. The molecule has 0 radical (unpaired) electrons. The molecule has 0 aliphatic carbocycles. The molecule has 0 spiro atoms. The van der Waals surface area contributed by atoms with Crippen LogP contribution in [0.2, 0.25) is 0 Å². The lowest BCUT2D eigenvalue weighted by molar-refractivity contribution is 0.0906. The first kappa shape index (κ1) is 17.0. The number of carbonyl (C=O) groups is 1. The number of aliphatic hydroxyl groups excluding tert-OH is 1. The van der Waals surface area contributed by atoms with E-state index in [0.29, 0.717) is 29.4 Å². The maximum Gasteiger partial charge on any atom is 0.255 e. The van der Waals surface area contributed by atoms with Crippen LogP contribution in [-0.2, 0) is 0 Å². The van der Waals surface area contributed by atoms with Crippen molar-refractivity contribution in [3.8, 4) is 11.5 Å². The highest BCUT2D eigenvalue weighted by Gasteiger charge is 2.17. The summed E-state index contributed by atoms with van der Waals surface area (Å²) >= 11 is 0. The minimum Gasteiger partial charge on any atom is -0.455 e. The van der Waals surface area contributed by atoms with E-state index >= 15 is 0 Å². The molecule has 1 aromatic heterocycles. The Bertz CT molecular complexity index is 629. The molecule has 2 aromatic rings. The normalized spacial score (nSPS) is 12.0. The van der Waals surface area contributed by atoms with Gasteiger partial charge in [-0.2, -0.15) is 0 Å².